The number of carbonyl (C=O) groups excluding carboxylic acids is 1. The Kier molecular flexibility index (Phi) is 5.86. The number of benzene rings is 2. The van der Waals surface area contributed by atoms with Gasteiger partial charge in [-0.25, -0.2) is 9.97 Å². The molecule has 0 bridgehead atoms. The SMILES string of the molecule is Cc1ccc(C(=O)N2CCN(c3cc(Oc4ccc(Cl)c(C)c4)ncn3)CC2)cc1. The van der Waals surface area contributed by atoms with E-state index in [2.05, 4.69) is 14.9 Å². The van der Waals surface area contributed by atoms with Gasteiger partial charge in [0.1, 0.15) is 17.9 Å². The van der Waals surface area contributed by atoms with Gasteiger partial charge in [0, 0.05) is 42.8 Å². The molecule has 1 amide bonds. The molecule has 2 heterocycles. The van der Waals surface area contributed by atoms with E-state index in [1.165, 1.54) is 6.33 Å². The number of rotatable bonds is 4. The van der Waals surface area contributed by atoms with Crippen molar-refractivity contribution >= 4 is 23.3 Å². The van der Waals surface area contributed by atoms with Crippen LogP contribution in [0.4, 0.5) is 5.82 Å². The Bertz CT molecular complexity index is 1050. The second-order valence-corrected chi connectivity index (χ2v) is 7.78. The molecule has 7 heteroatoms. The topological polar surface area (TPSA) is 58.6 Å². The summed E-state index contributed by atoms with van der Waals surface area (Å²) in [5.74, 6) is 2.00. The summed E-state index contributed by atoms with van der Waals surface area (Å²) in [6.07, 6.45) is 1.50. The molecule has 0 N–H and O–H groups in total. The number of nitrogens with zero attached hydrogens (tertiary/aromatic N) is 4. The molecule has 2 aromatic carbocycles. The molecule has 0 radical (unpaired) electrons. The number of amides is 1. The standard InChI is InChI=1S/C23H23ClN4O2/c1-16-3-5-18(6-4-16)23(29)28-11-9-27(10-12-28)21-14-22(26-15-25-21)30-19-7-8-20(24)17(2)13-19/h3-8,13-15H,9-12H2,1-2H3. The zero-order chi connectivity index (χ0) is 21.1. The highest BCUT2D eigenvalue weighted by molar-refractivity contribution is 6.31. The molecular formula is C23H23ClN4O2. The third-order valence-corrected chi connectivity index (χ3v) is 5.59. The minimum atomic E-state index is 0.0690. The number of hydrogen-bond acceptors (Lipinski definition) is 5. The molecule has 1 fully saturated rings. The van der Waals surface area contributed by atoms with Gasteiger partial charge in [0.2, 0.25) is 5.88 Å². The van der Waals surface area contributed by atoms with Crippen molar-refractivity contribution in [3.05, 3.63) is 76.6 Å². The molecule has 0 atom stereocenters. The molecule has 30 heavy (non-hydrogen) atoms. The van der Waals surface area contributed by atoms with Gasteiger partial charge < -0.3 is 14.5 Å². The van der Waals surface area contributed by atoms with Gasteiger partial charge in [-0.2, -0.15) is 0 Å². The number of ether oxygens (including phenoxy) is 1. The van der Waals surface area contributed by atoms with Gasteiger partial charge >= 0.3 is 0 Å². The first-order valence-corrected chi connectivity index (χ1v) is 10.2. The maximum absolute atomic E-state index is 12.7. The fraction of sp³-hybridized carbons (Fsp3) is 0.261. The smallest absolute Gasteiger partial charge is 0.253 e. The van der Waals surface area contributed by atoms with E-state index in [-0.39, 0.29) is 5.91 Å². The summed E-state index contributed by atoms with van der Waals surface area (Å²) >= 11 is 6.07. The molecule has 1 aromatic heterocycles. The van der Waals surface area contributed by atoms with Crippen LogP contribution in [-0.4, -0.2) is 47.0 Å². The lowest BCUT2D eigenvalue weighted by Gasteiger charge is -2.35. The Morgan fingerprint density at radius 2 is 1.70 bits per heavy atom. The lowest BCUT2D eigenvalue weighted by molar-refractivity contribution is 0.0746. The molecule has 0 spiro atoms. The van der Waals surface area contributed by atoms with Crippen molar-refractivity contribution in [2.75, 3.05) is 31.1 Å². The molecule has 0 aliphatic carbocycles. The average molecular weight is 423 g/mol. The molecule has 6 nitrogen and oxygen atoms in total. The minimum Gasteiger partial charge on any atom is -0.439 e. The highest BCUT2D eigenvalue weighted by atomic mass is 35.5. The lowest BCUT2D eigenvalue weighted by Crippen LogP contribution is -2.49. The number of aryl methyl sites for hydroxylation is 2. The van der Waals surface area contributed by atoms with Crippen molar-refractivity contribution in [3.63, 3.8) is 0 Å². The summed E-state index contributed by atoms with van der Waals surface area (Å²) < 4.78 is 5.87. The van der Waals surface area contributed by atoms with E-state index in [0.717, 1.165) is 22.5 Å². The molecule has 154 valence electrons. The quantitative estimate of drug-likeness (QED) is 0.619. The monoisotopic (exact) mass is 422 g/mol. The third-order valence-electron chi connectivity index (χ3n) is 5.17. The normalized spacial score (nSPS) is 14.0. The number of carbonyl (C=O) groups is 1. The Balaban J connectivity index is 1.40. The Morgan fingerprint density at radius 3 is 2.40 bits per heavy atom. The van der Waals surface area contributed by atoms with E-state index in [9.17, 15) is 4.79 Å². The molecule has 0 saturated carbocycles. The van der Waals surface area contributed by atoms with Crippen molar-refractivity contribution in [2.24, 2.45) is 0 Å². The summed E-state index contributed by atoms with van der Waals surface area (Å²) in [5.41, 5.74) is 2.81. The third kappa shape index (κ3) is 4.54. The van der Waals surface area contributed by atoms with Crippen LogP contribution in [0.5, 0.6) is 11.6 Å². The largest absolute Gasteiger partial charge is 0.439 e. The van der Waals surface area contributed by atoms with E-state index in [1.54, 1.807) is 6.07 Å². The highest BCUT2D eigenvalue weighted by Crippen LogP contribution is 2.26. The highest BCUT2D eigenvalue weighted by Gasteiger charge is 2.23. The van der Waals surface area contributed by atoms with Crippen LogP contribution in [0.15, 0.2) is 54.9 Å². The van der Waals surface area contributed by atoms with Gasteiger partial charge in [0.15, 0.2) is 0 Å². The number of hydrogen-bond donors (Lipinski definition) is 0. The molecule has 1 saturated heterocycles. The van der Waals surface area contributed by atoms with E-state index < -0.39 is 0 Å². The molecule has 4 rings (SSSR count). The lowest BCUT2D eigenvalue weighted by atomic mass is 10.1. The van der Waals surface area contributed by atoms with Crippen LogP contribution in [0.3, 0.4) is 0 Å². The molecule has 1 aliphatic rings. The maximum Gasteiger partial charge on any atom is 0.253 e. The minimum absolute atomic E-state index is 0.0690. The predicted molar refractivity (Wildman–Crippen MR) is 118 cm³/mol. The molecule has 0 unspecified atom stereocenters. The average Bonchev–Trinajstić information content (AvgIpc) is 2.77. The zero-order valence-electron chi connectivity index (χ0n) is 17.0. The molecule has 3 aromatic rings. The van der Waals surface area contributed by atoms with Gasteiger partial charge in [-0.1, -0.05) is 29.3 Å². The van der Waals surface area contributed by atoms with Crippen molar-refractivity contribution in [1.82, 2.24) is 14.9 Å². The molecular weight excluding hydrogens is 400 g/mol. The van der Waals surface area contributed by atoms with Crippen LogP contribution in [0.2, 0.25) is 5.02 Å². The maximum atomic E-state index is 12.7. The summed E-state index contributed by atoms with van der Waals surface area (Å²) in [6, 6.07) is 15.0. The number of aromatic nitrogens is 2. The zero-order valence-corrected chi connectivity index (χ0v) is 17.8. The Hall–Kier alpha value is -3.12. The van der Waals surface area contributed by atoms with Crippen molar-refractivity contribution in [1.29, 1.82) is 0 Å². The van der Waals surface area contributed by atoms with Gasteiger partial charge in [0.25, 0.3) is 5.91 Å². The van der Waals surface area contributed by atoms with E-state index in [1.807, 2.05) is 61.2 Å². The van der Waals surface area contributed by atoms with Crippen molar-refractivity contribution in [3.8, 4) is 11.6 Å². The van der Waals surface area contributed by atoms with Crippen LogP contribution in [0, 0.1) is 13.8 Å². The van der Waals surface area contributed by atoms with Gasteiger partial charge in [-0.05, 0) is 49.7 Å². The van der Waals surface area contributed by atoms with Crippen LogP contribution < -0.4 is 9.64 Å². The fourth-order valence-corrected chi connectivity index (χ4v) is 3.49. The summed E-state index contributed by atoms with van der Waals surface area (Å²) in [5, 5.41) is 0.698. The van der Waals surface area contributed by atoms with Gasteiger partial charge in [-0.3, -0.25) is 4.79 Å². The van der Waals surface area contributed by atoms with Crippen molar-refractivity contribution in [2.45, 2.75) is 13.8 Å². The summed E-state index contributed by atoms with van der Waals surface area (Å²) in [6.45, 7) is 6.63. The first-order chi connectivity index (χ1) is 14.5. The number of halogens is 1. The summed E-state index contributed by atoms with van der Waals surface area (Å²) in [7, 11) is 0. The van der Waals surface area contributed by atoms with Gasteiger partial charge in [-0.15, -0.1) is 0 Å². The van der Waals surface area contributed by atoms with E-state index >= 15 is 0 Å². The van der Waals surface area contributed by atoms with Crippen LogP contribution in [0.1, 0.15) is 21.5 Å². The number of piperazine rings is 1. The first kappa shape index (κ1) is 20.2. The van der Waals surface area contributed by atoms with E-state index in [4.69, 9.17) is 16.3 Å². The fourth-order valence-electron chi connectivity index (χ4n) is 3.38. The Labute approximate surface area is 181 Å². The van der Waals surface area contributed by atoms with Crippen LogP contribution >= 0.6 is 11.6 Å². The second-order valence-electron chi connectivity index (χ2n) is 7.37. The predicted octanol–water partition coefficient (Wildman–Crippen LogP) is 4.50. The van der Waals surface area contributed by atoms with Crippen molar-refractivity contribution < 1.29 is 9.53 Å². The number of anilines is 1. The molecule has 1 aliphatic heterocycles. The summed E-state index contributed by atoms with van der Waals surface area (Å²) in [4.78, 5) is 25.3. The Morgan fingerprint density at radius 1 is 0.967 bits per heavy atom. The van der Waals surface area contributed by atoms with Gasteiger partial charge in [0.05, 0.1) is 0 Å². The van der Waals surface area contributed by atoms with E-state index in [0.29, 0.717) is 42.8 Å². The first-order valence-electron chi connectivity index (χ1n) is 9.86. The van der Waals surface area contributed by atoms with Crippen LogP contribution in [-0.2, 0) is 0 Å². The second kappa shape index (κ2) is 8.71. The van der Waals surface area contributed by atoms with Crippen LogP contribution in [0.25, 0.3) is 0 Å².